The lowest BCUT2D eigenvalue weighted by Crippen LogP contribution is -2.67. The smallest absolute Gasteiger partial charge is 0.410 e. The molecule has 0 saturated carbocycles. The largest absolute Gasteiger partial charge is 0.490 e. The molecule has 1 aromatic carbocycles. The van der Waals surface area contributed by atoms with Crippen molar-refractivity contribution in [1.82, 2.24) is 15.1 Å². The Morgan fingerprint density at radius 2 is 1.59 bits per heavy atom. The average molecular weight is 649 g/mol. The molecule has 0 aromatic heterocycles. The lowest BCUT2D eigenvalue weighted by atomic mass is 9.89. The van der Waals surface area contributed by atoms with Crippen molar-refractivity contribution in [2.45, 2.75) is 82.8 Å². The molecule has 2 fully saturated rings. The highest BCUT2D eigenvalue weighted by molar-refractivity contribution is 6.08. The second-order valence-electron chi connectivity index (χ2n) is 13.6. The highest BCUT2D eigenvalue weighted by Crippen LogP contribution is 2.28. The van der Waals surface area contributed by atoms with E-state index in [1.807, 2.05) is 4.90 Å². The predicted octanol–water partition coefficient (Wildman–Crippen LogP) is 0.864. The number of carboxylic acid groups (broad SMARTS) is 1. The van der Waals surface area contributed by atoms with Gasteiger partial charge in [-0.25, -0.2) is 19.2 Å². The molecule has 2 saturated heterocycles. The third-order valence-electron chi connectivity index (χ3n) is 7.52. The zero-order valence-corrected chi connectivity index (χ0v) is 27.5. The number of ether oxygens (including phenoxy) is 4. The van der Waals surface area contributed by atoms with E-state index in [0.29, 0.717) is 37.5 Å². The molecule has 2 heterocycles. The Morgan fingerprint density at radius 1 is 1.02 bits per heavy atom. The molecule has 3 unspecified atom stereocenters. The summed E-state index contributed by atoms with van der Waals surface area (Å²) in [5.41, 5.74) is 7.01. The lowest BCUT2D eigenvalue weighted by molar-refractivity contribution is -0.169. The molecular formula is C31H48N6O9. The molecule has 15 nitrogen and oxygen atoms in total. The maximum absolute atomic E-state index is 13.5. The molecular weight excluding hydrogens is 600 g/mol. The first-order valence-electron chi connectivity index (χ1n) is 15.2. The fourth-order valence-corrected chi connectivity index (χ4v) is 5.17. The number of esters is 2. The van der Waals surface area contributed by atoms with E-state index in [0.717, 1.165) is 0 Å². The van der Waals surface area contributed by atoms with Crippen LogP contribution in [0.3, 0.4) is 0 Å². The van der Waals surface area contributed by atoms with Crippen LogP contribution in [-0.2, 0) is 35.0 Å². The molecule has 1 aromatic rings. The quantitative estimate of drug-likeness (QED) is 0.0660. The molecule has 7 N–H and O–H groups in total. The van der Waals surface area contributed by atoms with Crippen LogP contribution in [0.4, 0.5) is 4.79 Å². The van der Waals surface area contributed by atoms with E-state index >= 15 is 0 Å². The summed E-state index contributed by atoms with van der Waals surface area (Å²) in [7, 11) is 0. The molecule has 256 valence electrons. The number of nitrogens with zero attached hydrogens (tertiary/aromatic N) is 2. The van der Waals surface area contributed by atoms with Crippen molar-refractivity contribution < 1.29 is 43.2 Å². The van der Waals surface area contributed by atoms with E-state index in [4.69, 9.17) is 35.8 Å². The van der Waals surface area contributed by atoms with Crippen LogP contribution in [0, 0.1) is 5.41 Å². The van der Waals surface area contributed by atoms with Crippen molar-refractivity contribution in [1.29, 1.82) is 5.41 Å². The summed E-state index contributed by atoms with van der Waals surface area (Å²) < 4.78 is 22.2. The van der Waals surface area contributed by atoms with Gasteiger partial charge < -0.3 is 45.7 Å². The summed E-state index contributed by atoms with van der Waals surface area (Å²) >= 11 is 0. The van der Waals surface area contributed by atoms with Crippen LogP contribution in [0.2, 0.25) is 0 Å². The molecule has 0 radical (unpaired) electrons. The van der Waals surface area contributed by atoms with Gasteiger partial charge in [0.25, 0.3) is 0 Å². The van der Waals surface area contributed by atoms with Gasteiger partial charge in [-0.2, -0.15) is 0 Å². The van der Waals surface area contributed by atoms with Gasteiger partial charge in [-0.1, -0.05) is 12.1 Å². The molecule has 46 heavy (non-hydrogen) atoms. The minimum atomic E-state index is -2.27. The predicted molar refractivity (Wildman–Crippen MR) is 167 cm³/mol. The second-order valence-corrected chi connectivity index (χ2v) is 13.6. The molecule has 3 atom stereocenters. The number of aliphatic carboxylic acids is 1. The third kappa shape index (κ3) is 9.07. The van der Waals surface area contributed by atoms with E-state index in [1.54, 1.807) is 65.8 Å². The van der Waals surface area contributed by atoms with Crippen LogP contribution < -0.4 is 21.5 Å². The van der Waals surface area contributed by atoms with Crippen molar-refractivity contribution in [3.63, 3.8) is 0 Å². The number of rotatable bonds is 13. The summed E-state index contributed by atoms with van der Waals surface area (Å²) in [6.45, 7) is 12.6. The standard InChI is InChI=1S/C31H48N6O9/c1-28(2,3)45-25(40)30(34,24(38)39)17-20-7-9-21(10-8-20)43-19-22-18-36(27(42)44-22)14-11-31(23(32)33,26(41)46-29(4,5)6)37-15-12-35-13-16-37/h7-10,22,35H,11-19,34H2,1-6H3,(H3,32,33)(H,38,39). The van der Waals surface area contributed by atoms with Crippen molar-refractivity contribution in [3.8, 4) is 5.75 Å². The Labute approximate surface area is 269 Å². The molecule has 2 aliphatic rings. The number of benzene rings is 1. The number of cyclic esters (lactones) is 1. The Bertz CT molecular complexity index is 1290. The number of nitrogens with one attached hydrogen (secondary N) is 2. The van der Waals surface area contributed by atoms with Gasteiger partial charge in [0.15, 0.2) is 11.6 Å². The molecule has 0 spiro atoms. The number of carbonyl (C=O) groups excluding carboxylic acids is 3. The first kappa shape index (κ1) is 36.5. The molecule has 15 heteroatoms. The first-order chi connectivity index (χ1) is 21.3. The molecule has 2 aliphatic heterocycles. The minimum absolute atomic E-state index is 0.0250. The highest BCUT2D eigenvalue weighted by Gasteiger charge is 2.51. The lowest BCUT2D eigenvalue weighted by Gasteiger charge is -2.44. The summed E-state index contributed by atoms with van der Waals surface area (Å²) in [5.74, 6) is -3.10. The zero-order chi connectivity index (χ0) is 34.5. The number of hydrogen-bond donors (Lipinski definition) is 5. The number of amides is 1. The van der Waals surface area contributed by atoms with Crippen LogP contribution in [-0.4, -0.2) is 119 Å². The summed E-state index contributed by atoms with van der Waals surface area (Å²) in [6.07, 6.45) is -1.45. The molecule has 0 bridgehead atoms. The molecule has 1 amide bonds. The molecule has 0 aliphatic carbocycles. The van der Waals surface area contributed by atoms with Gasteiger partial charge in [-0.3, -0.25) is 10.3 Å². The van der Waals surface area contributed by atoms with Crippen molar-refractivity contribution in [3.05, 3.63) is 29.8 Å². The van der Waals surface area contributed by atoms with E-state index in [-0.39, 0.29) is 38.4 Å². The topological polar surface area (TPSA) is 220 Å². The minimum Gasteiger partial charge on any atom is -0.490 e. The molecule has 3 rings (SSSR count). The van der Waals surface area contributed by atoms with Crippen LogP contribution in [0.25, 0.3) is 0 Å². The normalized spacial score (nSPS) is 20.2. The first-order valence-corrected chi connectivity index (χ1v) is 15.2. The monoisotopic (exact) mass is 648 g/mol. The number of piperazine rings is 1. The van der Waals surface area contributed by atoms with Gasteiger partial charge in [-0.15, -0.1) is 0 Å². The Morgan fingerprint density at radius 3 is 2.11 bits per heavy atom. The van der Waals surface area contributed by atoms with E-state index in [2.05, 4.69) is 5.32 Å². The van der Waals surface area contributed by atoms with Crippen molar-refractivity contribution in [2.24, 2.45) is 11.5 Å². The van der Waals surface area contributed by atoms with Crippen LogP contribution in [0.1, 0.15) is 53.5 Å². The SMILES string of the molecule is CC(C)(C)OC(=O)C(N)(Cc1ccc(OCC2CN(CCC(C(=N)N)(C(=O)OC(C)(C)C)N3CCNCC3)C(=O)O2)cc1)C(=O)O. The van der Waals surface area contributed by atoms with E-state index in [9.17, 15) is 24.3 Å². The maximum Gasteiger partial charge on any atom is 0.410 e. The van der Waals surface area contributed by atoms with Gasteiger partial charge in [0.05, 0.1) is 6.54 Å². The van der Waals surface area contributed by atoms with E-state index < -0.39 is 52.4 Å². The number of carboxylic acids is 1. The van der Waals surface area contributed by atoms with Crippen LogP contribution >= 0.6 is 0 Å². The Kier molecular flexibility index (Phi) is 11.3. The maximum atomic E-state index is 13.5. The van der Waals surface area contributed by atoms with Crippen LogP contribution in [0.5, 0.6) is 5.75 Å². The summed E-state index contributed by atoms with van der Waals surface area (Å²) in [4.78, 5) is 54.0. The van der Waals surface area contributed by atoms with E-state index in [1.165, 1.54) is 4.90 Å². The number of hydrogen-bond acceptors (Lipinski definition) is 12. The summed E-state index contributed by atoms with van der Waals surface area (Å²) in [6, 6.07) is 6.37. The second kappa shape index (κ2) is 14.2. The fraction of sp³-hybridized carbons (Fsp3) is 0.645. The Balaban J connectivity index is 1.62. The fourth-order valence-electron chi connectivity index (χ4n) is 5.17. The third-order valence-corrected chi connectivity index (χ3v) is 7.52. The number of nitrogens with two attached hydrogens (primary N) is 2. The van der Waals surface area contributed by atoms with Crippen LogP contribution in [0.15, 0.2) is 24.3 Å². The zero-order valence-electron chi connectivity index (χ0n) is 27.5. The average Bonchev–Trinajstić information content (AvgIpc) is 3.30. The van der Waals surface area contributed by atoms with Gasteiger partial charge in [-0.05, 0) is 59.2 Å². The van der Waals surface area contributed by atoms with Gasteiger partial charge in [0.1, 0.15) is 29.4 Å². The number of carbonyl (C=O) groups is 4. The van der Waals surface area contributed by atoms with Gasteiger partial charge >= 0.3 is 24.0 Å². The Hall–Kier alpha value is -3.95. The van der Waals surface area contributed by atoms with Crippen molar-refractivity contribution >= 4 is 29.8 Å². The van der Waals surface area contributed by atoms with Gasteiger partial charge in [0.2, 0.25) is 5.54 Å². The summed E-state index contributed by atoms with van der Waals surface area (Å²) in [5, 5.41) is 21.3. The highest BCUT2D eigenvalue weighted by atomic mass is 16.6. The van der Waals surface area contributed by atoms with Crippen molar-refractivity contribution in [2.75, 3.05) is 45.9 Å². The van der Waals surface area contributed by atoms with Gasteiger partial charge in [0, 0.05) is 45.6 Å². The number of amidine groups is 1.